The third-order valence-electron chi connectivity index (χ3n) is 4.98. The Kier molecular flexibility index (Phi) is 8.18. The van der Waals surface area contributed by atoms with E-state index < -0.39 is 27.6 Å². The Morgan fingerprint density at radius 3 is 2.32 bits per heavy atom. The van der Waals surface area contributed by atoms with Crippen LogP contribution in [0.2, 0.25) is 10.0 Å². The van der Waals surface area contributed by atoms with Gasteiger partial charge in [-0.15, -0.1) is 0 Å². The molecule has 0 atom stereocenters. The van der Waals surface area contributed by atoms with E-state index in [0.717, 1.165) is 12.1 Å². The van der Waals surface area contributed by atoms with Crippen LogP contribution in [-0.4, -0.2) is 58.5 Å². The maximum Gasteiger partial charge on any atom is 0.417 e. The van der Waals surface area contributed by atoms with Crippen molar-refractivity contribution in [3.8, 4) is 0 Å². The lowest BCUT2D eigenvalue weighted by Crippen LogP contribution is -2.51. The maximum atomic E-state index is 13.0. The van der Waals surface area contributed by atoms with Crippen LogP contribution < -0.4 is 10.6 Å². The van der Waals surface area contributed by atoms with Crippen molar-refractivity contribution in [2.24, 2.45) is 0 Å². The molecule has 1 fully saturated rings. The quantitative estimate of drug-likeness (QED) is 0.320. The number of carbonyl (C=O) groups excluding carboxylic acids is 1. The molecule has 1 aliphatic rings. The Morgan fingerprint density at radius 2 is 1.71 bits per heavy atom. The van der Waals surface area contributed by atoms with Crippen LogP contribution >= 0.6 is 35.4 Å². The van der Waals surface area contributed by atoms with E-state index in [1.165, 1.54) is 24.3 Å². The zero-order valence-corrected chi connectivity index (χ0v) is 19.7. The molecule has 1 saturated heterocycles. The van der Waals surface area contributed by atoms with Gasteiger partial charge in [-0.2, -0.15) is 13.2 Å². The fourth-order valence-corrected chi connectivity index (χ4v) is 3.93. The molecule has 34 heavy (non-hydrogen) atoms. The molecule has 8 nitrogen and oxygen atoms in total. The first-order chi connectivity index (χ1) is 15.9. The molecule has 2 aromatic carbocycles. The number of amides is 1. The summed E-state index contributed by atoms with van der Waals surface area (Å²) in [4.78, 5) is 26.4. The summed E-state index contributed by atoms with van der Waals surface area (Å²) in [6.07, 6.45) is -4.63. The summed E-state index contributed by atoms with van der Waals surface area (Å²) >= 11 is 17.1. The molecule has 3 rings (SSSR count). The molecule has 2 N–H and O–H groups in total. The van der Waals surface area contributed by atoms with E-state index in [9.17, 15) is 28.1 Å². The summed E-state index contributed by atoms with van der Waals surface area (Å²) in [6.45, 7) is 1.84. The van der Waals surface area contributed by atoms with Gasteiger partial charge >= 0.3 is 6.18 Å². The topological polar surface area (TPSA) is 90.8 Å². The van der Waals surface area contributed by atoms with Crippen LogP contribution in [0.4, 0.5) is 30.2 Å². The van der Waals surface area contributed by atoms with Gasteiger partial charge in [0.2, 0.25) is 5.91 Å². The number of rotatable bonds is 5. The lowest BCUT2D eigenvalue weighted by Gasteiger charge is -2.35. The molecule has 0 bridgehead atoms. The lowest BCUT2D eigenvalue weighted by molar-refractivity contribution is -0.384. The number of nitrogens with one attached hydrogen (secondary N) is 2. The summed E-state index contributed by atoms with van der Waals surface area (Å²) in [7, 11) is 0. The first-order valence-corrected chi connectivity index (χ1v) is 11.0. The first-order valence-electron chi connectivity index (χ1n) is 9.83. The largest absolute Gasteiger partial charge is 0.417 e. The van der Waals surface area contributed by atoms with Crippen LogP contribution in [0.25, 0.3) is 0 Å². The van der Waals surface area contributed by atoms with Gasteiger partial charge in [0.1, 0.15) is 0 Å². The number of carbonyl (C=O) groups is 1. The minimum atomic E-state index is -4.63. The highest BCUT2D eigenvalue weighted by Gasteiger charge is 2.33. The number of benzene rings is 2. The molecule has 1 heterocycles. The molecular formula is C20H18Cl2F3N5O3S. The third kappa shape index (κ3) is 6.69. The molecule has 0 aromatic heterocycles. The number of nitro benzene ring substituents is 1. The van der Waals surface area contributed by atoms with Crippen LogP contribution in [0.1, 0.15) is 5.56 Å². The fourth-order valence-electron chi connectivity index (χ4n) is 3.25. The van der Waals surface area contributed by atoms with E-state index >= 15 is 0 Å². The van der Waals surface area contributed by atoms with Crippen molar-refractivity contribution >= 4 is 63.5 Å². The average molecular weight is 536 g/mol. The van der Waals surface area contributed by atoms with Gasteiger partial charge in [0.25, 0.3) is 5.69 Å². The van der Waals surface area contributed by atoms with Gasteiger partial charge in [-0.3, -0.25) is 19.8 Å². The number of hydrogen-bond donors (Lipinski definition) is 2. The van der Waals surface area contributed by atoms with Crippen molar-refractivity contribution in [1.29, 1.82) is 0 Å². The summed E-state index contributed by atoms with van der Waals surface area (Å²) < 4.78 is 39.0. The Hall–Kier alpha value is -2.67. The van der Waals surface area contributed by atoms with Crippen molar-refractivity contribution < 1.29 is 22.9 Å². The predicted molar refractivity (Wildman–Crippen MR) is 127 cm³/mol. The number of piperazine rings is 1. The van der Waals surface area contributed by atoms with Gasteiger partial charge in [0.05, 0.1) is 32.8 Å². The molecule has 0 unspecified atom stereocenters. The zero-order chi connectivity index (χ0) is 25.0. The Morgan fingerprint density at radius 1 is 1.06 bits per heavy atom. The smallest absolute Gasteiger partial charge is 0.346 e. The summed E-state index contributed by atoms with van der Waals surface area (Å²) in [5.74, 6) is -0.465. The molecule has 1 aliphatic heterocycles. The second-order valence-electron chi connectivity index (χ2n) is 7.36. The number of anilines is 2. The van der Waals surface area contributed by atoms with E-state index in [4.69, 9.17) is 35.4 Å². The average Bonchev–Trinajstić information content (AvgIpc) is 2.76. The summed E-state index contributed by atoms with van der Waals surface area (Å²) in [5.41, 5.74) is -0.845. The molecule has 0 spiro atoms. The van der Waals surface area contributed by atoms with Crippen LogP contribution in [-0.2, 0) is 11.0 Å². The van der Waals surface area contributed by atoms with Crippen LogP contribution in [0.5, 0.6) is 0 Å². The minimum absolute atomic E-state index is 0.000396. The molecule has 0 saturated carbocycles. The highest BCUT2D eigenvalue weighted by atomic mass is 35.5. The third-order valence-corrected chi connectivity index (χ3v) is 6.00. The van der Waals surface area contributed by atoms with Crippen molar-refractivity contribution in [3.63, 3.8) is 0 Å². The molecular weight excluding hydrogens is 518 g/mol. The van der Waals surface area contributed by atoms with Crippen molar-refractivity contribution in [1.82, 2.24) is 9.80 Å². The Labute approximate surface area is 207 Å². The standard InChI is InChI=1S/C20H18Cl2F3N5O3S/c21-15-3-1-12(9-14(15)20(23,24)25)26-18(31)11-28-5-7-29(8-6-28)19(34)27-17-10-13(30(32)33)2-4-16(17)22/h1-4,9-10H,5-8,11H2,(H,26,31)(H,27,34). The van der Waals surface area contributed by atoms with Crippen molar-refractivity contribution in [2.45, 2.75) is 6.18 Å². The molecule has 182 valence electrons. The summed E-state index contributed by atoms with van der Waals surface area (Å²) in [5, 5.41) is 16.5. The summed E-state index contributed by atoms with van der Waals surface area (Å²) in [6, 6.07) is 7.16. The van der Waals surface area contributed by atoms with E-state index in [2.05, 4.69) is 10.6 Å². The van der Waals surface area contributed by atoms with E-state index in [1.54, 1.807) is 0 Å². The molecule has 1 amide bonds. The number of non-ortho nitro benzene ring substituents is 1. The first kappa shape index (κ1) is 25.9. The van der Waals surface area contributed by atoms with Gasteiger partial charge in [-0.1, -0.05) is 23.2 Å². The van der Waals surface area contributed by atoms with Gasteiger partial charge in [-0.25, -0.2) is 0 Å². The van der Waals surface area contributed by atoms with Crippen LogP contribution in [0.3, 0.4) is 0 Å². The normalized spacial score (nSPS) is 14.6. The highest BCUT2D eigenvalue weighted by Crippen LogP contribution is 2.36. The van der Waals surface area contributed by atoms with Crippen molar-refractivity contribution in [2.75, 3.05) is 43.4 Å². The van der Waals surface area contributed by atoms with E-state index in [0.29, 0.717) is 37.0 Å². The lowest BCUT2D eigenvalue weighted by atomic mass is 10.2. The fraction of sp³-hybridized carbons (Fsp3) is 0.300. The Bertz CT molecular complexity index is 1110. The number of hydrogen-bond acceptors (Lipinski definition) is 5. The van der Waals surface area contributed by atoms with Gasteiger partial charge in [-0.05, 0) is 36.5 Å². The van der Waals surface area contributed by atoms with Crippen LogP contribution in [0.15, 0.2) is 36.4 Å². The molecule has 2 aromatic rings. The van der Waals surface area contributed by atoms with Crippen LogP contribution in [0, 0.1) is 10.1 Å². The van der Waals surface area contributed by atoms with E-state index in [-0.39, 0.29) is 22.9 Å². The van der Waals surface area contributed by atoms with Crippen molar-refractivity contribution in [3.05, 3.63) is 62.1 Å². The molecule has 0 aliphatic carbocycles. The van der Waals surface area contributed by atoms with Gasteiger partial charge in [0.15, 0.2) is 5.11 Å². The van der Waals surface area contributed by atoms with Gasteiger partial charge in [0, 0.05) is 44.0 Å². The zero-order valence-electron chi connectivity index (χ0n) is 17.4. The highest BCUT2D eigenvalue weighted by molar-refractivity contribution is 7.80. The second kappa shape index (κ2) is 10.7. The second-order valence-corrected chi connectivity index (χ2v) is 8.56. The van der Waals surface area contributed by atoms with Gasteiger partial charge < -0.3 is 15.5 Å². The van der Waals surface area contributed by atoms with E-state index in [1.807, 2.05) is 9.80 Å². The number of alkyl halides is 3. The monoisotopic (exact) mass is 535 g/mol. The molecule has 14 heteroatoms. The number of nitrogens with zero attached hydrogens (tertiary/aromatic N) is 3. The minimum Gasteiger partial charge on any atom is -0.346 e. The molecule has 0 radical (unpaired) electrons. The Balaban J connectivity index is 1.51. The maximum absolute atomic E-state index is 13.0. The predicted octanol–water partition coefficient (Wildman–Crippen LogP) is 4.87. The number of thiocarbonyl (C=S) groups is 1. The number of halogens is 5. The number of nitro groups is 1. The SMILES string of the molecule is O=C(CN1CCN(C(=S)Nc2cc([N+](=O)[O-])ccc2Cl)CC1)Nc1ccc(Cl)c(C(F)(F)F)c1.